The molecule has 0 spiro atoms. The van der Waals surface area contributed by atoms with Crippen molar-refractivity contribution in [2.45, 2.75) is 64.2 Å². The maximum absolute atomic E-state index is 9.53. The minimum atomic E-state index is -0.783. The number of aromatic nitrogens is 3. The predicted molar refractivity (Wildman–Crippen MR) is 80.0 cm³/mol. The maximum atomic E-state index is 9.53. The number of nitrogen functional groups attached to an aromatic ring is 1. The molecule has 0 saturated carbocycles. The SMILES string of the molecule is CCC(C#N)(CC)c1nc(N)nc(C(C#N)(CC)CC)n1. The lowest BCUT2D eigenvalue weighted by Crippen LogP contribution is -2.31. The molecule has 0 bridgehead atoms. The van der Waals surface area contributed by atoms with Crippen LogP contribution in [0.25, 0.3) is 0 Å². The summed E-state index contributed by atoms with van der Waals surface area (Å²) < 4.78 is 0. The first kappa shape index (κ1) is 16.8. The number of hydrogen-bond acceptors (Lipinski definition) is 6. The van der Waals surface area contributed by atoms with Gasteiger partial charge in [-0.15, -0.1) is 0 Å². The van der Waals surface area contributed by atoms with E-state index >= 15 is 0 Å². The normalized spacial score (nSPS) is 11.7. The first-order valence-electron chi connectivity index (χ1n) is 7.32. The van der Waals surface area contributed by atoms with Gasteiger partial charge in [-0.2, -0.15) is 20.5 Å². The molecule has 0 aliphatic carbocycles. The number of anilines is 1. The second-order valence-electron chi connectivity index (χ2n) is 5.14. The van der Waals surface area contributed by atoms with Crippen molar-refractivity contribution in [3.8, 4) is 12.1 Å². The molecule has 0 aromatic carbocycles. The smallest absolute Gasteiger partial charge is 0.223 e. The molecule has 1 aromatic rings. The average molecular weight is 286 g/mol. The minimum Gasteiger partial charge on any atom is -0.368 e. The lowest BCUT2D eigenvalue weighted by Gasteiger charge is -2.26. The first-order chi connectivity index (χ1) is 9.97. The quantitative estimate of drug-likeness (QED) is 0.860. The van der Waals surface area contributed by atoms with Gasteiger partial charge in [-0.3, -0.25) is 0 Å². The fourth-order valence-corrected chi connectivity index (χ4v) is 2.37. The van der Waals surface area contributed by atoms with E-state index in [1.54, 1.807) is 0 Å². The molecule has 0 amide bonds. The molecule has 0 atom stereocenters. The van der Waals surface area contributed by atoms with Crippen molar-refractivity contribution in [2.75, 3.05) is 5.73 Å². The largest absolute Gasteiger partial charge is 0.368 e. The number of nitriles is 2. The third-order valence-corrected chi connectivity index (χ3v) is 4.35. The molecule has 2 N–H and O–H groups in total. The summed E-state index contributed by atoms with van der Waals surface area (Å²) >= 11 is 0. The number of nitrogens with two attached hydrogens (primary N) is 1. The Bertz CT molecular complexity index is 525. The van der Waals surface area contributed by atoms with Crippen LogP contribution in [0.2, 0.25) is 0 Å². The molecular formula is C15H22N6. The Kier molecular flexibility index (Phi) is 5.21. The predicted octanol–water partition coefficient (Wildman–Crippen LogP) is 2.62. The van der Waals surface area contributed by atoms with Gasteiger partial charge < -0.3 is 5.73 Å². The summed E-state index contributed by atoms with van der Waals surface area (Å²) in [6.45, 7) is 7.68. The van der Waals surface area contributed by atoms with E-state index in [1.807, 2.05) is 27.7 Å². The topological polar surface area (TPSA) is 112 Å². The van der Waals surface area contributed by atoms with E-state index < -0.39 is 10.8 Å². The summed E-state index contributed by atoms with van der Waals surface area (Å²) in [7, 11) is 0. The van der Waals surface area contributed by atoms with E-state index in [1.165, 1.54) is 0 Å². The van der Waals surface area contributed by atoms with Crippen LogP contribution in [-0.2, 0) is 10.8 Å². The van der Waals surface area contributed by atoms with Gasteiger partial charge in [0, 0.05) is 0 Å². The van der Waals surface area contributed by atoms with E-state index in [4.69, 9.17) is 5.73 Å². The monoisotopic (exact) mass is 286 g/mol. The fourth-order valence-electron chi connectivity index (χ4n) is 2.37. The molecule has 0 fully saturated rings. The summed E-state index contributed by atoms with van der Waals surface area (Å²) in [5.41, 5.74) is 4.23. The molecule has 21 heavy (non-hydrogen) atoms. The van der Waals surface area contributed by atoms with Crippen molar-refractivity contribution >= 4 is 5.95 Å². The van der Waals surface area contributed by atoms with Crippen molar-refractivity contribution < 1.29 is 0 Å². The first-order valence-corrected chi connectivity index (χ1v) is 7.32. The summed E-state index contributed by atoms with van der Waals surface area (Å²) in [6, 6.07) is 4.60. The molecule has 1 rings (SSSR count). The molecule has 112 valence electrons. The van der Waals surface area contributed by atoms with Crippen LogP contribution >= 0.6 is 0 Å². The van der Waals surface area contributed by atoms with Gasteiger partial charge in [-0.1, -0.05) is 27.7 Å². The molecule has 0 aliphatic heterocycles. The van der Waals surface area contributed by atoms with Gasteiger partial charge in [-0.25, -0.2) is 4.98 Å². The molecule has 0 saturated heterocycles. The van der Waals surface area contributed by atoms with Gasteiger partial charge in [0.2, 0.25) is 5.95 Å². The highest BCUT2D eigenvalue weighted by atomic mass is 15.1. The molecule has 0 radical (unpaired) electrons. The van der Waals surface area contributed by atoms with Gasteiger partial charge in [0.1, 0.15) is 10.8 Å². The second-order valence-corrected chi connectivity index (χ2v) is 5.14. The Balaban J connectivity index is 3.56. The molecule has 6 heteroatoms. The third kappa shape index (κ3) is 2.80. The van der Waals surface area contributed by atoms with E-state index in [9.17, 15) is 10.5 Å². The summed E-state index contributed by atoms with van der Waals surface area (Å²) in [5, 5.41) is 19.1. The van der Waals surface area contributed by atoms with Gasteiger partial charge in [0.05, 0.1) is 12.1 Å². The van der Waals surface area contributed by atoms with Crippen molar-refractivity contribution in [1.82, 2.24) is 15.0 Å². The summed E-state index contributed by atoms with van der Waals surface area (Å²) in [4.78, 5) is 12.8. The van der Waals surface area contributed by atoms with E-state index in [2.05, 4.69) is 27.1 Å². The van der Waals surface area contributed by atoms with Crippen LogP contribution < -0.4 is 5.73 Å². The van der Waals surface area contributed by atoms with Crippen molar-refractivity contribution in [3.63, 3.8) is 0 Å². The highest BCUT2D eigenvalue weighted by Gasteiger charge is 2.37. The summed E-state index contributed by atoms with van der Waals surface area (Å²) in [5.74, 6) is 0.816. The number of hydrogen-bond donors (Lipinski definition) is 1. The van der Waals surface area contributed by atoms with Gasteiger partial charge >= 0.3 is 0 Å². The molecule has 0 unspecified atom stereocenters. The zero-order chi connectivity index (χ0) is 16.1. The lowest BCUT2D eigenvalue weighted by atomic mass is 9.81. The lowest BCUT2D eigenvalue weighted by molar-refractivity contribution is 0.443. The van der Waals surface area contributed by atoms with Crippen LogP contribution in [0.4, 0.5) is 5.95 Å². The highest BCUT2D eigenvalue weighted by Crippen LogP contribution is 2.32. The highest BCUT2D eigenvalue weighted by molar-refractivity contribution is 5.30. The van der Waals surface area contributed by atoms with Crippen LogP contribution in [0.3, 0.4) is 0 Å². The van der Waals surface area contributed by atoms with Crippen LogP contribution in [0.1, 0.15) is 65.0 Å². The fraction of sp³-hybridized carbons (Fsp3) is 0.667. The Morgan fingerprint density at radius 1 is 0.810 bits per heavy atom. The summed E-state index contributed by atoms with van der Waals surface area (Å²) in [6.07, 6.45) is 2.34. The zero-order valence-electron chi connectivity index (χ0n) is 13.1. The van der Waals surface area contributed by atoms with E-state index in [0.717, 1.165) is 0 Å². The standard InChI is InChI=1S/C15H22N6/c1-5-14(6-2,9-16)11-19-12(21-13(18)20-11)15(7-3,8-4)10-17/h5-8H2,1-4H3,(H2,18,19,20,21). The van der Waals surface area contributed by atoms with Crippen molar-refractivity contribution in [2.24, 2.45) is 0 Å². The van der Waals surface area contributed by atoms with Crippen molar-refractivity contribution in [1.29, 1.82) is 10.5 Å². The Labute approximate surface area is 126 Å². The van der Waals surface area contributed by atoms with Gasteiger partial charge in [0.25, 0.3) is 0 Å². The molecule has 6 nitrogen and oxygen atoms in total. The van der Waals surface area contributed by atoms with E-state index in [0.29, 0.717) is 37.3 Å². The average Bonchev–Trinajstić information content (AvgIpc) is 2.52. The van der Waals surface area contributed by atoms with Crippen molar-refractivity contribution in [3.05, 3.63) is 11.6 Å². The van der Waals surface area contributed by atoms with Crippen LogP contribution in [0, 0.1) is 22.7 Å². The van der Waals surface area contributed by atoms with E-state index in [-0.39, 0.29) is 5.95 Å². The second kappa shape index (κ2) is 6.49. The molecular weight excluding hydrogens is 264 g/mol. The van der Waals surface area contributed by atoms with Crippen LogP contribution in [0.5, 0.6) is 0 Å². The minimum absolute atomic E-state index is 0.0676. The maximum Gasteiger partial charge on any atom is 0.223 e. The third-order valence-electron chi connectivity index (χ3n) is 4.35. The molecule has 1 aromatic heterocycles. The zero-order valence-corrected chi connectivity index (χ0v) is 13.1. The number of rotatable bonds is 6. The Morgan fingerprint density at radius 3 is 1.38 bits per heavy atom. The van der Waals surface area contributed by atoms with Gasteiger partial charge in [0.15, 0.2) is 11.6 Å². The molecule has 0 aliphatic rings. The van der Waals surface area contributed by atoms with Crippen LogP contribution in [0.15, 0.2) is 0 Å². The Hall–Kier alpha value is -2.21. The van der Waals surface area contributed by atoms with Crippen LogP contribution in [-0.4, -0.2) is 15.0 Å². The number of nitrogens with zero attached hydrogens (tertiary/aromatic N) is 5. The molecule has 1 heterocycles. The van der Waals surface area contributed by atoms with Gasteiger partial charge in [-0.05, 0) is 25.7 Å². The Morgan fingerprint density at radius 2 is 1.14 bits per heavy atom.